The van der Waals surface area contributed by atoms with Crippen LogP contribution < -0.4 is 14.8 Å². The van der Waals surface area contributed by atoms with E-state index in [0.717, 1.165) is 0 Å². The van der Waals surface area contributed by atoms with Gasteiger partial charge in [-0.2, -0.15) is 5.26 Å². The van der Waals surface area contributed by atoms with Crippen LogP contribution in [0.25, 0.3) is 0 Å². The first-order chi connectivity index (χ1) is 15.7. The number of likely N-dealkylation sites (tertiary alicyclic amines) is 1. The SMILES string of the molecule is C=CCNC(=O)N1CCC(NS(=O)(=O)c2cc(C#N)ccc2Oc2cc(Cl)cc(Cl)c2)CC1. The number of carbonyl (C=O) groups is 1. The summed E-state index contributed by atoms with van der Waals surface area (Å²) >= 11 is 12.0. The van der Waals surface area contributed by atoms with Crippen LogP contribution in [-0.4, -0.2) is 45.0 Å². The fraction of sp³-hybridized carbons (Fsp3) is 0.273. The molecule has 33 heavy (non-hydrogen) atoms. The average Bonchev–Trinajstić information content (AvgIpc) is 2.77. The Balaban J connectivity index is 1.78. The van der Waals surface area contributed by atoms with Crippen molar-refractivity contribution in [1.29, 1.82) is 5.26 Å². The molecule has 0 radical (unpaired) electrons. The van der Waals surface area contributed by atoms with Gasteiger partial charge in [-0.05, 0) is 49.2 Å². The molecule has 0 bridgehead atoms. The molecule has 2 aromatic carbocycles. The molecule has 1 aliphatic rings. The minimum absolute atomic E-state index is 0.0288. The summed E-state index contributed by atoms with van der Waals surface area (Å²) < 4.78 is 34.9. The van der Waals surface area contributed by atoms with Gasteiger partial charge in [0.2, 0.25) is 10.0 Å². The van der Waals surface area contributed by atoms with E-state index in [-0.39, 0.29) is 34.0 Å². The van der Waals surface area contributed by atoms with E-state index < -0.39 is 10.0 Å². The number of amides is 2. The number of nitriles is 1. The summed E-state index contributed by atoms with van der Waals surface area (Å²) in [6.07, 6.45) is 2.47. The molecule has 0 aliphatic carbocycles. The van der Waals surface area contributed by atoms with Gasteiger partial charge in [0.25, 0.3) is 0 Å². The van der Waals surface area contributed by atoms with Gasteiger partial charge >= 0.3 is 6.03 Å². The van der Waals surface area contributed by atoms with E-state index >= 15 is 0 Å². The maximum absolute atomic E-state index is 13.2. The number of piperidine rings is 1. The number of benzene rings is 2. The fourth-order valence-electron chi connectivity index (χ4n) is 3.34. The Labute approximate surface area is 202 Å². The van der Waals surface area contributed by atoms with Crippen molar-refractivity contribution in [2.75, 3.05) is 19.6 Å². The molecule has 1 saturated heterocycles. The highest BCUT2D eigenvalue weighted by Crippen LogP contribution is 2.33. The van der Waals surface area contributed by atoms with Crippen molar-refractivity contribution < 1.29 is 17.9 Å². The van der Waals surface area contributed by atoms with Gasteiger partial charge < -0.3 is 15.0 Å². The van der Waals surface area contributed by atoms with Gasteiger partial charge in [-0.25, -0.2) is 17.9 Å². The molecule has 0 atom stereocenters. The summed E-state index contributed by atoms with van der Waals surface area (Å²) in [7, 11) is -4.04. The molecule has 1 heterocycles. The van der Waals surface area contributed by atoms with Gasteiger partial charge in [-0.1, -0.05) is 29.3 Å². The van der Waals surface area contributed by atoms with Gasteiger partial charge in [0, 0.05) is 35.7 Å². The predicted molar refractivity (Wildman–Crippen MR) is 126 cm³/mol. The van der Waals surface area contributed by atoms with Gasteiger partial charge in [0.1, 0.15) is 16.4 Å². The molecule has 2 N–H and O–H groups in total. The van der Waals surface area contributed by atoms with Crippen LogP contribution >= 0.6 is 23.2 Å². The number of hydrogen-bond donors (Lipinski definition) is 2. The Morgan fingerprint density at radius 3 is 2.48 bits per heavy atom. The Kier molecular flexibility index (Phi) is 8.21. The lowest BCUT2D eigenvalue weighted by atomic mass is 10.1. The number of ether oxygens (including phenoxy) is 1. The zero-order valence-electron chi connectivity index (χ0n) is 17.6. The molecule has 3 rings (SSSR count). The number of hydrogen-bond acceptors (Lipinski definition) is 5. The maximum atomic E-state index is 13.2. The fourth-order valence-corrected chi connectivity index (χ4v) is 5.31. The highest BCUT2D eigenvalue weighted by atomic mass is 35.5. The normalized spacial score (nSPS) is 14.4. The van der Waals surface area contributed by atoms with Crippen molar-refractivity contribution in [1.82, 2.24) is 14.9 Å². The third-order valence-electron chi connectivity index (χ3n) is 4.93. The number of urea groups is 1. The van der Waals surface area contributed by atoms with Crippen LogP contribution in [0.3, 0.4) is 0 Å². The molecule has 0 spiro atoms. The molecule has 2 aromatic rings. The number of nitrogens with zero attached hydrogens (tertiary/aromatic N) is 2. The van der Waals surface area contributed by atoms with Crippen molar-refractivity contribution in [3.05, 3.63) is 64.7 Å². The Morgan fingerprint density at radius 2 is 1.88 bits per heavy atom. The van der Waals surface area contributed by atoms with Crippen LogP contribution in [-0.2, 0) is 10.0 Å². The predicted octanol–water partition coefficient (Wildman–Crippen LogP) is 4.30. The molecule has 0 aromatic heterocycles. The monoisotopic (exact) mass is 508 g/mol. The minimum atomic E-state index is -4.04. The summed E-state index contributed by atoms with van der Waals surface area (Å²) in [5.41, 5.74) is 0.167. The van der Waals surface area contributed by atoms with Gasteiger partial charge in [-0.15, -0.1) is 6.58 Å². The Bertz CT molecular complexity index is 1170. The molecule has 1 fully saturated rings. The maximum Gasteiger partial charge on any atom is 0.317 e. The topological polar surface area (TPSA) is 112 Å². The van der Waals surface area contributed by atoms with Crippen LogP contribution in [0, 0.1) is 11.3 Å². The smallest absolute Gasteiger partial charge is 0.317 e. The minimum Gasteiger partial charge on any atom is -0.456 e. The van der Waals surface area contributed by atoms with Crippen molar-refractivity contribution in [2.24, 2.45) is 0 Å². The van der Waals surface area contributed by atoms with Crippen molar-refractivity contribution >= 4 is 39.3 Å². The molecule has 174 valence electrons. The quantitative estimate of drug-likeness (QED) is 0.541. The van der Waals surface area contributed by atoms with Gasteiger partial charge in [-0.3, -0.25) is 0 Å². The van der Waals surface area contributed by atoms with Crippen molar-refractivity contribution in [3.8, 4) is 17.6 Å². The summed E-state index contributed by atoms with van der Waals surface area (Å²) in [5, 5.41) is 12.6. The number of sulfonamides is 1. The Morgan fingerprint density at radius 1 is 1.21 bits per heavy atom. The molecule has 2 amide bonds. The van der Waals surface area contributed by atoms with Crippen LogP contribution in [0.2, 0.25) is 10.0 Å². The van der Waals surface area contributed by atoms with E-state index in [1.165, 1.54) is 36.4 Å². The zero-order chi connectivity index (χ0) is 24.0. The standard InChI is InChI=1S/C22H22Cl2N4O4S/c1-2-7-26-22(29)28-8-5-18(6-9-28)27-33(30,31)21-10-15(14-25)3-4-20(21)32-19-12-16(23)11-17(24)13-19/h2-4,10-13,18,27H,1,5-9H2,(H,26,29). The number of halogens is 2. The highest BCUT2D eigenvalue weighted by molar-refractivity contribution is 7.89. The molecule has 0 unspecified atom stereocenters. The van der Waals surface area contributed by atoms with E-state index in [0.29, 0.717) is 42.5 Å². The number of rotatable bonds is 7. The van der Waals surface area contributed by atoms with Crippen molar-refractivity contribution in [2.45, 2.75) is 23.8 Å². The lowest BCUT2D eigenvalue weighted by molar-refractivity contribution is 0.181. The molecular weight excluding hydrogens is 487 g/mol. The Hall–Kier alpha value is -2.77. The average molecular weight is 509 g/mol. The highest BCUT2D eigenvalue weighted by Gasteiger charge is 2.29. The second-order valence-electron chi connectivity index (χ2n) is 7.34. The molecular formula is C22H22Cl2N4O4S. The first kappa shape index (κ1) is 24.9. The first-order valence-electron chi connectivity index (χ1n) is 10.1. The molecule has 11 heteroatoms. The van der Waals surface area contributed by atoms with Crippen LogP contribution in [0.5, 0.6) is 11.5 Å². The largest absolute Gasteiger partial charge is 0.456 e. The van der Waals surface area contributed by atoms with E-state index in [1.54, 1.807) is 11.0 Å². The number of nitrogens with one attached hydrogen (secondary N) is 2. The van der Waals surface area contributed by atoms with Crippen LogP contribution in [0.4, 0.5) is 4.79 Å². The van der Waals surface area contributed by atoms with Gasteiger partial charge in [0.15, 0.2) is 0 Å². The molecule has 1 aliphatic heterocycles. The molecule has 8 nitrogen and oxygen atoms in total. The number of carbonyl (C=O) groups excluding carboxylic acids is 1. The summed E-state index contributed by atoms with van der Waals surface area (Å²) in [5.74, 6) is 0.286. The van der Waals surface area contributed by atoms with Crippen LogP contribution in [0.1, 0.15) is 18.4 Å². The third kappa shape index (κ3) is 6.62. The summed E-state index contributed by atoms with van der Waals surface area (Å²) in [4.78, 5) is 13.5. The first-order valence-corrected chi connectivity index (χ1v) is 12.3. The van der Waals surface area contributed by atoms with E-state index in [2.05, 4.69) is 16.6 Å². The molecule has 0 saturated carbocycles. The summed E-state index contributed by atoms with van der Waals surface area (Å²) in [6.45, 7) is 4.73. The van der Waals surface area contributed by atoms with Gasteiger partial charge in [0.05, 0.1) is 11.6 Å². The van der Waals surface area contributed by atoms with E-state index in [1.807, 2.05) is 6.07 Å². The lowest BCUT2D eigenvalue weighted by Crippen LogP contribution is -2.49. The van der Waals surface area contributed by atoms with Crippen LogP contribution in [0.15, 0.2) is 53.9 Å². The van der Waals surface area contributed by atoms with Crippen molar-refractivity contribution in [3.63, 3.8) is 0 Å². The second kappa shape index (κ2) is 10.9. The zero-order valence-corrected chi connectivity index (χ0v) is 19.9. The summed E-state index contributed by atoms with van der Waals surface area (Å²) in [6, 6.07) is 10.0. The lowest BCUT2D eigenvalue weighted by Gasteiger charge is -2.32. The van der Waals surface area contributed by atoms with E-state index in [4.69, 9.17) is 27.9 Å². The third-order valence-corrected chi connectivity index (χ3v) is 6.91. The second-order valence-corrected chi connectivity index (χ2v) is 9.89. The van der Waals surface area contributed by atoms with E-state index in [9.17, 15) is 18.5 Å².